The van der Waals surface area contributed by atoms with Crippen LogP contribution < -0.4 is 0 Å². The van der Waals surface area contributed by atoms with Crippen LogP contribution in [0.5, 0.6) is 11.5 Å². The Balaban J connectivity index is 0.00000192. The van der Waals surface area contributed by atoms with Gasteiger partial charge in [-0.05, 0) is 35.2 Å². The molecule has 3 N–H and O–H groups in total. The summed E-state index contributed by atoms with van der Waals surface area (Å²) in [5, 5.41) is 28.9. The van der Waals surface area contributed by atoms with Crippen LogP contribution >= 0.6 is 12.4 Å². The lowest BCUT2D eigenvalue weighted by Gasteiger charge is -2.24. The summed E-state index contributed by atoms with van der Waals surface area (Å²) in [5.41, 5.74) is 3.30. The Labute approximate surface area is 142 Å². The van der Waals surface area contributed by atoms with Gasteiger partial charge in [0.1, 0.15) is 0 Å². The van der Waals surface area contributed by atoms with Crippen LogP contribution in [-0.2, 0) is 6.42 Å². The highest BCUT2D eigenvalue weighted by Crippen LogP contribution is 2.37. The maximum Gasteiger partial charge on any atom is 0.157 e. The molecule has 2 aromatic carbocycles. The van der Waals surface area contributed by atoms with Gasteiger partial charge in [0.25, 0.3) is 0 Å². The number of aliphatic hydroxyl groups excluding tert-OH is 1. The summed E-state index contributed by atoms with van der Waals surface area (Å²) in [6.45, 7) is 2.40. The van der Waals surface area contributed by atoms with Crippen molar-refractivity contribution < 1.29 is 15.3 Å². The minimum Gasteiger partial charge on any atom is -0.504 e. The van der Waals surface area contributed by atoms with E-state index >= 15 is 0 Å². The molecule has 23 heavy (non-hydrogen) atoms. The molecule has 1 aliphatic heterocycles. The average molecular weight is 336 g/mol. The van der Waals surface area contributed by atoms with E-state index in [-0.39, 0.29) is 36.4 Å². The Kier molecular flexibility index (Phi) is 5.88. The van der Waals surface area contributed by atoms with E-state index in [0.717, 1.165) is 30.6 Å². The maximum atomic E-state index is 9.90. The SMILES string of the molecule is Cl.OCCN1CCc2cc(O)c(O)cc2C(c2ccccc2)C1. The van der Waals surface area contributed by atoms with Crippen LogP contribution in [0.1, 0.15) is 22.6 Å². The van der Waals surface area contributed by atoms with Crippen LogP contribution in [-0.4, -0.2) is 46.5 Å². The first-order chi connectivity index (χ1) is 10.7. The number of phenolic OH excluding ortho intramolecular Hbond substituents is 2. The number of benzene rings is 2. The van der Waals surface area contributed by atoms with Gasteiger partial charge in [-0.15, -0.1) is 12.4 Å². The number of halogens is 1. The lowest BCUT2D eigenvalue weighted by Crippen LogP contribution is -2.31. The Hall–Kier alpha value is -1.75. The van der Waals surface area contributed by atoms with Crippen LogP contribution in [0, 0.1) is 0 Å². The molecule has 2 aromatic rings. The zero-order valence-electron chi connectivity index (χ0n) is 12.9. The molecule has 0 aliphatic carbocycles. The zero-order valence-corrected chi connectivity index (χ0v) is 13.7. The Bertz CT molecular complexity index is 648. The first-order valence-corrected chi connectivity index (χ1v) is 7.62. The van der Waals surface area contributed by atoms with Crippen LogP contribution in [0.15, 0.2) is 42.5 Å². The molecule has 3 rings (SSSR count). The van der Waals surface area contributed by atoms with Crippen molar-refractivity contribution in [3.63, 3.8) is 0 Å². The third-order valence-electron chi connectivity index (χ3n) is 4.37. The van der Waals surface area contributed by atoms with E-state index in [0.29, 0.717) is 6.54 Å². The molecule has 4 nitrogen and oxygen atoms in total. The number of hydrogen-bond donors (Lipinski definition) is 3. The molecule has 0 aromatic heterocycles. The third kappa shape index (κ3) is 3.78. The molecule has 0 spiro atoms. The molecule has 5 heteroatoms. The van der Waals surface area contributed by atoms with Gasteiger partial charge < -0.3 is 15.3 Å². The van der Waals surface area contributed by atoms with Crippen LogP contribution in [0.3, 0.4) is 0 Å². The van der Waals surface area contributed by atoms with Crippen molar-refractivity contribution >= 4 is 12.4 Å². The van der Waals surface area contributed by atoms with Crippen LogP contribution in [0.25, 0.3) is 0 Å². The fourth-order valence-corrected chi connectivity index (χ4v) is 3.22. The Morgan fingerprint density at radius 1 is 1.04 bits per heavy atom. The fourth-order valence-electron chi connectivity index (χ4n) is 3.22. The Morgan fingerprint density at radius 2 is 1.74 bits per heavy atom. The number of fused-ring (bicyclic) bond motifs is 1. The van der Waals surface area contributed by atoms with Crippen molar-refractivity contribution in [2.45, 2.75) is 12.3 Å². The van der Waals surface area contributed by atoms with Gasteiger partial charge in [0, 0.05) is 25.6 Å². The molecule has 0 saturated heterocycles. The van der Waals surface area contributed by atoms with Gasteiger partial charge in [-0.3, -0.25) is 4.90 Å². The van der Waals surface area contributed by atoms with Gasteiger partial charge in [0.05, 0.1) is 6.61 Å². The quantitative estimate of drug-likeness (QED) is 0.754. The molecule has 0 saturated carbocycles. The monoisotopic (exact) mass is 335 g/mol. The molecule has 0 bridgehead atoms. The summed E-state index contributed by atoms with van der Waals surface area (Å²) in [5.74, 6) is -0.0202. The molecule has 0 amide bonds. The fraction of sp³-hybridized carbons (Fsp3) is 0.333. The van der Waals surface area contributed by atoms with Gasteiger partial charge in [-0.1, -0.05) is 30.3 Å². The largest absolute Gasteiger partial charge is 0.504 e. The summed E-state index contributed by atoms with van der Waals surface area (Å²) in [7, 11) is 0. The third-order valence-corrected chi connectivity index (χ3v) is 4.37. The van der Waals surface area contributed by atoms with Gasteiger partial charge in [0.2, 0.25) is 0 Å². The number of hydrogen-bond acceptors (Lipinski definition) is 4. The number of β-amino-alcohol motifs (C(OH)–C–C–N with tert-alkyl or cyclic N) is 1. The molecular weight excluding hydrogens is 314 g/mol. The highest BCUT2D eigenvalue weighted by molar-refractivity contribution is 5.85. The van der Waals surface area contributed by atoms with Crippen molar-refractivity contribution in [1.82, 2.24) is 4.90 Å². The summed E-state index contributed by atoms with van der Waals surface area (Å²) in [6, 6.07) is 13.5. The smallest absolute Gasteiger partial charge is 0.157 e. The molecule has 1 unspecified atom stereocenters. The lowest BCUT2D eigenvalue weighted by molar-refractivity contribution is 0.197. The van der Waals surface area contributed by atoms with Gasteiger partial charge in [-0.2, -0.15) is 0 Å². The van der Waals surface area contributed by atoms with Gasteiger partial charge in [-0.25, -0.2) is 0 Å². The van der Waals surface area contributed by atoms with Gasteiger partial charge >= 0.3 is 0 Å². The number of nitrogens with zero attached hydrogens (tertiary/aromatic N) is 1. The summed E-state index contributed by atoms with van der Waals surface area (Å²) in [4.78, 5) is 2.23. The van der Waals surface area contributed by atoms with Crippen LogP contribution in [0.4, 0.5) is 0 Å². The molecular formula is C18H22ClNO3. The first kappa shape index (κ1) is 17.6. The molecule has 1 aliphatic rings. The van der Waals surface area contributed by atoms with Crippen molar-refractivity contribution in [1.29, 1.82) is 0 Å². The van der Waals surface area contributed by atoms with Crippen molar-refractivity contribution in [3.8, 4) is 11.5 Å². The minimum atomic E-state index is -0.0738. The number of aromatic hydroxyl groups is 2. The van der Waals surface area contributed by atoms with E-state index in [9.17, 15) is 15.3 Å². The molecule has 0 radical (unpaired) electrons. The zero-order chi connectivity index (χ0) is 15.5. The van der Waals surface area contributed by atoms with E-state index in [1.54, 1.807) is 12.1 Å². The molecule has 0 fully saturated rings. The van der Waals surface area contributed by atoms with Crippen molar-refractivity contribution in [2.24, 2.45) is 0 Å². The van der Waals surface area contributed by atoms with Crippen molar-refractivity contribution in [3.05, 3.63) is 59.2 Å². The first-order valence-electron chi connectivity index (χ1n) is 7.62. The highest BCUT2D eigenvalue weighted by Gasteiger charge is 2.25. The number of aliphatic hydroxyl groups is 1. The summed E-state index contributed by atoms with van der Waals surface area (Å²) >= 11 is 0. The predicted molar refractivity (Wildman–Crippen MR) is 92.5 cm³/mol. The second kappa shape index (κ2) is 7.68. The molecule has 124 valence electrons. The Morgan fingerprint density at radius 3 is 2.43 bits per heavy atom. The summed E-state index contributed by atoms with van der Waals surface area (Å²) in [6.07, 6.45) is 0.798. The van der Waals surface area contributed by atoms with E-state index in [4.69, 9.17) is 0 Å². The molecule has 1 heterocycles. The predicted octanol–water partition coefficient (Wildman–Crippen LogP) is 2.50. The summed E-state index contributed by atoms with van der Waals surface area (Å²) < 4.78 is 0. The highest BCUT2D eigenvalue weighted by atomic mass is 35.5. The second-order valence-electron chi connectivity index (χ2n) is 5.78. The average Bonchev–Trinajstić information content (AvgIpc) is 2.70. The van der Waals surface area contributed by atoms with Gasteiger partial charge in [0.15, 0.2) is 11.5 Å². The maximum absolute atomic E-state index is 9.90. The minimum absolute atomic E-state index is 0. The standard InChI is InChI=1S/C18H21NO3.ClH/c20-9-8-19-7-6-14-10-17(21)18(22)11-15(14)16(12-19)13-4-2-1-3-5-13;/h1-5,10-11,16,20-22H,6-9,12H2;1H. The van der Waals surface area contributed by atoms with Crippen LogP contribution in [0.2, 0.25) is 0 Å². The van der Waals surface area contributed by atoms with Crippen molar-refractivity contribution in [2.75, 3.05) is 26.2 Å². The normalized spacial score (nSPS) is 17.9. The topological polar surface area (TPSA) is 63.9 Å². The van der Waals surface area contributed by atoms with E-state index in [2.05, 4.69) is 17.0 Å². The number of phenols is 2. The molecule has 1 atom stereocenters. The second-order valence-corrected chi connectivity index (χ2v) is 5.78. The van der Waals surface area contributed by atoms with E-state index in [1.165, 1.54) is 5.56 Å². The lowest BCUT2D eigenvalue weighted by atomic mass is 9.87. The van der Waals surface area contributed by atoms with E-state index < -0.39 is 0 Å². The number of rotatable bonds is 3. The van der Waals surface area contributed by atoms with E-state index in [1.807, 2.05) is 18.2 Å².